The molecule has 1 N–H and O–H groups in total. The van der Waals surface area contributed by atoms with E-state index in [4.69, 9.17) is 16.3 Å². The van der Waals surface area contributed by atoms with Gasteiger partial charge in [0, 0.05) is 17.7 Å². The molecule has 0 aliphatic heterocycles. The molecule has 0 spiro atoms. The van der Waals surface area contributed by atoms with Crippen LogP contribution in [0.3, 0.4) is 0 Å². The van der Waals surface area contributed by atoms with Gasteiger partial charge in [0.2, 0.25) is 0 Å². The molecule has 118 valence electrons. The van der Waals surface area contributed by atoms with Crippen molar-refractivity contribution in [3.63, 3.8) is 0 Å². The number of hydrogen-bond donors (Lipinski definition) is 1. The summed E-state index contributed by atoms with van der Waals surface area (Å²) in [6.07, 6.45) is 4.66. The standard InChI is InChI=1S/C17H25ClFNO/c1-3-7-20-17(10-12-8-14(9-12)21-4-2)15-11-13(19)5-6-16(15)18/h5-6,11-12,14,17,20H,3-4,7-10H2,1-2H3. The van der Waals surface area contributed by atoms with E-state index < -0.39 is 0 Å². The highest BCUT2D eigenvalue weighted by Crippen LogP contribution is 2.38. The SMILES string of the molecule is CCCNC(CC1CC(OCC)C1)c1cc(F)ccc1Cl. The molecule has 1 aliphatic carbocycles. The topological polar surface area (TPSA) is 21.3 Å². The van der Waals surface area contributed by atoms with E-state index in [1.165, 1.54) is 6.07 Å². The van der Waals surface area contributed by atoms with E-state index >= 15 is 0 Å². The molecular weight excluding hydrogens is 289 g/mol. The zero-order chi connectivity index (χ0) is 15.2. The average Bonchev–Trinajstić information content (AvgIpc) is 2.43. The first-order valence-electron chi connectivity index (χ1n) is 7.93. The quantitative estimate of drug-likeness (QED) is 0.749. The van der Waals surface area contributed by atoms with Crippen LogP contribution >= 0.6 is 11.6 Å². The molecule has 2 rings (SSSR count). The molecule has 1 atom stereocenters. The normalized spacial score (nSPS) is 22.9. The van der Waals surface area contributed by atoms with Crippen LogP contribution in [0.15, 0.2) is 18.2 Å². The minimum absolute atomic E-state index is 0.126. The summed E-state index contributed by atoms with van der Waals surface area (Å²) in [6, 6.07) is 4.75. The van der Waals surface area contributed by atoms with Crippen LogP contribution in [0.2, 0.25) is 5.02 Å². The van der Waals surface area contributed by atoms with Crippen molar-refractivity contribution >= 4 is 11.6 Å². The summed E-state index contributed by atoms with van der Waals surface area (Å²) in [6.45, 7) is 5.86. The molecule has 2 nitrogen and oxygen atoms in total. The minimum Gasteiger partial charge on any atom is -0.378 e. The van der Waals surface area contributed by atoms with E-state index in [9.17, 15) is 4.39 Å². The second-order valence-electron chi connectivity index (χ2n) is 5.82. The number of ether oxygens (including phenoxy) is 1. The van der Waals surface area contributed by atoms with E-state index in [-0.39, 0.29) is 11.9 Å². The first-order valence-corrected chi connectivity index (χ1v) is 8.31. The van der Waals surface area contributed by atoms with Gasteiger partial charge < -0.3 is 10.1 Å². The third-order valence-electron chi connectivity index (χ3n) is 4.14. The smallest absolute Gasteiger partial charge is 0.123 e. The lowest BCUT2D eigenvalue weighted by atomic mass is 9.77. The molecule has 4 heteroatoms. The maximum atomic E-state index is 13.5. The Morgan fingerprint density at radius 2 is 2.14 bits per heavy atom. The maximum absolute atomic E-state index is 13.5. The Balaban J connectivity index is 1.99. The number of nitrogens with one attached hydrogen (secondary N) is 1. The van der Waals surface area contributed by atoms with Crippen LogP contribution in [-0.2, 0) is 4.74 Å². The van der Waals surface area contributed by atoms with E-state index in [0.717, 1.165) is 44.4 Å². The van der Waals surface area contributed by atoms with Crippen molar-refractivity contribution in [1.29, 1.82) is 0 Å². The van der Waals surface area contributed by atoms with Crippen LogP contribution < -0.4 is 5.32 Å². The Morgan fingerprint density at radius 1 is 1.38 bits per heavy atom. The average molecular weight is 314 g/mol. The molecule has 1 aromatic carbocycles. The molecule has 0 radical (unpaired) electrons. The Labute approximate surface area is 132 Å². The minimum atomic E-state index is -0.224. The van der Waals surface area contributed by atoms with Crippen molar-refractivity contribution < 1.29 is 9.13 Å². The molecule has 1 saturated carbocycles. The van der Waals surface area contributed by atoms with Crippen LogP contribution in [0.5, 0.6) is 0 Å². The highest BCUT2D eigenvalue weighted by atomic mass is 35.5. The van der Waals surface area contributed by atoms with Crippen LogP contribution in [0.1, 0.15) is 51.1 Å². The van der Waals surface area contributed by atoms with Gasteiger partial charge in [0.1, 0.15) is 5.82 Å². The molecule has 0 amide bonds. The van der Waals surface area contributed by atoms with E-state index in [1.807, 2.05) is 6.92 Å². The molecule has 0 heterocycles. The lowest BCUT2D eigenvalue weighted by molar-refractivity contribution is -0.0291. The van der Waals surface area contributed by atoms with Gasteiger partial charge in [-0.05, 0) is 68.8 Å². The van der Waals surface area contributed by atoms with Gasteiger partial charge in [0.25, 0.3) is 0 Å². The van der Waals surface area contributed by atoms with Gasteiger partial charge in [0.05, 0.1) is 6.10 Å². The summed E-state index contributed by atoms with van der Waals surface area (Å²) in [5.74, 6) is 0.411. The van der Waals surface area contributed by atoms with E-state index in [1.54, 1.807) is 12.1 Å². The van der Waals surface area contributed by atoms with Crippen molar-refractivity contribution in [3.05, 3.63) is 34.6 Å². The zero-order valence-corrected chi connectivity index (χ0v) is 13.6. The molecule has 1 fully saturated rings. The van der Waals surface area contributed by atoms with Gasteiger partial charge in [-0.1, -0.05) is 18.5 Å². The third kappa shape index (κ3) is 4.67. The molecule has 1 aromatic rings. The van der Waals surface area contributed by atoms with Crippen molar-refractivity contribution in [3.8, 4) is 0 Å². The van der Waals surface area contributed by atoms with Crippen molar-refractivity contribution in [2.75, 3.05) is 13.2 Å². The van der Waals surface area contributed by atoms with Crippen molar-refractivity contribution in [1.82, 2.24) is 5.32 Å². The highest BCUT2D eigenvalue weighted by Gasteiger charge is 2.32. The van der Waals surface area contributed by atoms with Crippen LogP contribution in [0.4, 0.5) is 4.39 Å². The third-order valence-corrected chi connectivity index (χ3v) is 4.48. The molecular formula is C17H25ClFNO. The Hall–Kier alpha value is -0.640. The first kappa shape index (κ1) is 16.7. The second-order valence-corrected chi connectivity index (χ2v) is 6.23. The predicted octanol–water partition coefficient (Wildman–Crippen LogP) is 4.73. The Bertz CT molecular complexity index is 448. The summed E-state index contributed by atoms with van der Waals surface area (Å²) < 4.78 is 19.1. The molecule has 0 saturated heterocycles. The van der Waals surface area contributed by atoms with Gasteiger partial charge in [-0.3, -0.25) is 0 Å². The summed E-state index contributed by atoms with van der Waals surface area (Å²) in [7, 11) is 0. The zero-order valence-electron chi connectivity index (χ0n) is 12.9. The lowest BCUT2D eigenvalue weighted by Crippen LogP contribution is -2.35. The number of benzene rings is 1. The number of hydrogen-bond acceptors (Lipinski definition) is 2. The van der Waals surface area contributed by atoms with Crippen LogP contribution in [-0.4, -0.2) is 19.3 Å². The monoisotopic (exact) mass is 313 g/mol. The largest absolute Gasteiger partial charge is 0.378 e. The first-order chi connectivity index (χ1) is 10.1. The highest BCUT2D eigenvalue weighted by molar-refractivity contribution is 6.31. The van der Waals surface area contributed by atoms with Gasteiger partial charge >= 0.3 is 0 Å². The van der Waals surface area contributed by atoms with Crippen molar-refractivity contribution in [2.24, 2.45) is 5.92 Å². The van der Waals surface area contributed by atoms with Crippen LogP contribution in [0, 0.1) is 11.7 Å². The Morgan fingerprint density at radius 3 is 2.81 bits per heavy atom. The van der Waals surface area contributed by atoms with E-state index in [0.29, 0.717) is 17.0 Å². The molecule has 0 aromatic heterocycles. The van der Waals surface area contributed by atoms with Crippen molar-refractivity contribution in [2.45, 2.75) is 51.7 Å². The Kier molecular flexibility index (Phi) is 6.46. The van der Waals surface area contributed by atoms with Gasteiger partial charge in [-0.2, -0.15) is 0 Å². The fourth-order valence-corrected chi connectivity index (χ4v) is 3.24. The summed E-state index contributed by atoms with van der Waals surface area (Å²) >= 11 is 6.26. The van der Waals surface area contributed by atoms with Crippen LogP contribution in [0.25, 0.3) is 0 Å². The molecule has 21 heavy (non-hydrogen) atoms. The summed E-state index contributed by atoms with van der Waals surface area (Å²) in [5, 5.41) is 4.15. The fraction of sp³-hybridized carbons (Fsp3) is 0.647. The number of halogens is 2. The summed E-state index contributed by atoms with van der Waals surface area (Å²) in [4.78, 5) is 0. The molecule has 0 bridgehead atoms. The lowest BCUT2D eigenvalue weighted by Gasteiger charge is -2.37. The predicted molar refractivity (Wildman–Crippen MR) is 85.2 cm³/mol. The fourth-order valence-electron chi connectivity index (χ4n) is 2.99. The van der Waals surface area contributed by atoms with Gasteiger partial charge in [-0.15, -0.1) is 0 Å². The van der Waals surface area contributed by atoms with Gasteiger partial charge in [0.15, 0.2) is 0 Å². The second kappa shape index (κ2) is 8.11. The molecule has 1 unspecified atom stereocenters. The number of rotatable bonds is 8. The maximum Gasteiger partial charge on any atom is 0.123 e. The van der Waals surface area contributed by atoms with Gasteiger partial charge in [-0.25, -0.2) is 4.39 Å². The summed E-state index contributed by atoms with van der Waals surface area (Å²) in [5.41, 5.74) is 0.880. The molecule has 1 aliphatic rings. The van der Waals surface area contributed by atoms with E-state index in [2.05, 4.69) is 12.2 Å².